The number of benzene rings is 8. The Morgan fingerprint density at radius 3 is 1.85 bits per heavy atom. The molecule has 4 nitrogen and oxygen atoms in total. The molecule has 0 N–H and O–H groups in total. The highest BCUT2D eigenvalue weighted by Crippen LogP contribution is 2.43. The Kier molecular flexibility index (Phi) is 6.22. The van der Waals surface area contributed by atoms with Crippen molar-refractivity contribution in [2.24, 2.45) is 0 Å². The molecule has 0 fully saturated rings. The van der Waals surface area contributed by atoms with Crippen molar-refractivity contribution in [3.63, 3.8) is 0 Å². The molecule has 242 valence electrons. The minimum Gasteiger partial charge on any atom is -0.455 e. The largest absolute Gasteiger partial charge is 0.455 e. The normalized spacial score (nSPS) is 11.8. The molecule has 0 atom stereocenters. The average molecular weight is 664 g/mol. The Labute approximate surface area is 299 Å². The van der Waals surface area contributed by atoms with Gasteiger partial charge in [0.25, 0.3) is 0 Å². The van der Waals surface area contributed by atoms with Crippen molar-refractivity contribution in [3.8, 4) is 50.7 Å². The third-order valence-corrected chi connectivity index (χ3v) is 10.4. The number of fused-ring (bicyclic) bond motifs is 3. The Bertz CT molecular complexity index is 3050. The SMILES string of the molecule is c1ccc(-c2cc(-c3ccccc3)nc(-c3ccc(-n4c5cccc6ccc7cc(-c8cccc9c8oc8ccccc89)cc4c7c65)cc3)n2)cc1. The van der Waals surface area contributed by atoms with Gasteiger partial charge in [0.2, 0.25) is 0 Å². The highest BCUT2D eigenvalue weighted by molar-refractivity contribution is 6.25. The first kappa shape index (κ1) is 28.8. The number of para-hydroxylation sites is 2. The van der Waals surface area contributed by atoms with Crippen molar-refractivity contribution in [3.05, 3.63) is 176 Å². The van der Waals surface area contributed by atoms with Crippen molar-refractivity contribution in [2.75, 3.05) is 0 Å². The quantitative estimate of drug-likeness (QED) is 0.172. The number of hydrogen-bond donors (Lipinski definition) is 0. The van der Waals surface area contributed by atoms with E-state index < -0.39 is 0 Å². The van der Waals surface area contributed by atoms with Gasteiger partial charge >= 0.3 is 0 Å². The van der Waals surface area contributed by atoms with E-state index in [1.54, 1.807) is 0 Å². The van der Waals surface area contributed by atoms with E-state index in [0.717, 1.165) is 72.3 Å². The topological polar surface area (TPSA) is 43.9 Å². The third kappa shape index (κ3) is 4.41. The Morgan fingerprint density at radius 1 is 0.423 bits per heavy atom. The summed E-state index contributed by atoms with van der Waals surface area (Å²) >= 11 is 0. The molecule has 0 aliphatic rings. The second-order valence-electron chi connectivity index (χ2n) is 13.4. The van der Waals surface area contributed by atoms with E-state index in [1.165, 1.54) is 27.1 Å². The molecule has 0 unspecified atom stereocenters. The van der Waals surface area contributed by atoms with Crippen molar-refractivity contribution in [1.29, 1.82) is 0 Å². The van der Waals surface area contributed by atoms with Crippen LogP contribution < -0.4 is 0 Å². The summed E-state index contributed by atoms with van der Waals surface area (Å²) in [7, 11) is 0. The summed E-state index contributed by atoms with van der Waals surface area (Å²) in [5, 5.41) is 7.25. The molecule has 0 aliphatic heterocycles. The van der Waals surface area contributed by atoms with E-state index in [9.17, 15) is 0 Å². The molecular weight excluding hydrogens is 635 g/mol. The molecule has 0 saturated heterocycles. The fourth-order valence-electron chi connectivity index (χ4n) is 7.95. The Balaban J connectivity index is 1.09. The molecular formula is C48H29N3O. The van der Waals surface area contributed by atoms with Gasteiger partial charge in [0.1, 0.15) is 11.2 Å². The number of hydrogen-bond acceptors (Lipinski definition) is 3. The van der Waals surface area contributed by atoms with E-state index in [-0.39, 0.29) is 0 Å². The maximum atomic E-state index is 6.50. The van der Waals surface area contributed by atoms with Gasteiger partial charge in [0, 0.05) is 49.5 Å². The van der Waals surface area contributed by atoms with Crippen LogP contribution >= 0.6 is 0 Å². The zero-order valence-corrected chi connectivity index (χ0v) is 28.0. The molecule has 0 spiro atoms. The van der Waals surface area contributed by atoms with E-state index in [2.05, 4.69) is 132 Å². The molecule has 0 bridgehead atoms. The summed E-state index contributed by atoms with van der Waals surface area (Å²) in [6.45, 7) is 0. The van der Waals surface area contributed by atoms with Crippen LogP contribution in [-0.4, -0.2) is 14.5 Å². The van der Waals surface area contributed by atoms with E-state index in [0.29, 0.717) is 5.82 Å². The minimum atomic E-state index is 0.696. The lowest BCUT2D eigenvalue weighted by Gasteiger charge is -2.12. The maximum Gasteiger partial charge on any atom is 0.160 e. The van der Waals surface area contributed by atoms with Gasteiger partial charge in [-0.2, -0.15) is 0 Å². The first-order valence-corrected chi connectivity index (χ1v) is 17.6. The highest BCUT2D eigenvalue weighted by atomic mass is 16.3. The molecule has 8 aromatic carbocycles. The van der Waals surface area contributed by atoms with Gasteiger partial charge < -0.3 is 8.98 Å². The Morgan fingerprint density at radius 2 is 1.08 bits per heavy atom. The summed E-state index contributed by atoms with van der Waals surface area (Å²) in [5.74, 6) is 0.696. The van der Waals surface area contributed by atoms with Crippen LogP contribution in [-0.2, 0) is 0 Å². The smallest absolute Gasteiger partial charge is 0.160 e. The van der Waals surface area contributed by atoms with Gasteiger partial charge in [-0.3, -0.25) is 0 Å². The molecule has 11 aromatic rings. The predicted octanol–water partition coefficient (Wildman–Crippen LogP) is 12.7. The van der Waals surface area contributed by atoms with Crippen LogP contribution in [0.5, 0.6) is 0 Å². The molecule has 11 rings (SSSR count). The lowest BCUT2D eigenvalue weighted by atomic mass is 9.96. The lowest BCUT2D eigenvalue weighted by molar-refractivity contribution is 0.670. The van der Waals surface area contributed by atoms with Crippen LogP contribution in [0.2, 0.25) is 0 Å². The van der Waals surface area contributed by atoms with E-state index in [4.69, 9.17) is 14.4 Å². The second kappa shape index (κ2) is 11.2. The summed E-state index contributed by atoms with van der Waals surface area (Å²) in [6.07, 6.45) is 0. The van der Waals surface area contributed by atoms with Gasteiger partial charge in [-0.15, -0.1) is 0 Å². The predicted molar refractivity (Wildman–Crippen MR) is 214 cm³/mol. The summed E-state index contributed by atoms with van der Waals surface area (Å²) in [6, 6.07) is 61.9. The molecule has 0 radical (unpaired) electrons. The first-order chi connectivity index (χ1) is 25.8. The minimum absolute atomic E-state index is 0.696. The van der Waals surface area contributed by atoms with Crippen LogP contribution in [0.25, 0.3) is 105 Å². The lowest BCUT2D eigenvalue weighted by Crippen LogP contribution is -1.97. The number of aromatic nitrogens is 3. The standard InChI is InChI=1S/C48H29N3O/c1-3-11-30(12-4-1)40-29-41(31-13-5-2-6-14-31)50-48(49-40)33-23-25-36(26-24-33)51-42-19-9-15-32-21-22-34-27-35(28-43(51)46(34)45(32)42)37-17-10-18-39-38-16-7-8-20-44(38)52-47(37)39/h1-29H. The molecule has 3 aromatic heterocycles. The summed E-state index contributed by atoms with van der Waals surface area (Å²) < 4.78 is 8.90. The first-order valence-electron chi connectivity index (χ1n) is 17.6. The van der Waals surface area contributed by atoms with E-state index >= 15 is 0 Å². The summed E-state index contributed by atoms with van der Waals surface area (Å²) in [5.41, 5.74) is 12.3. The number of furan rings is 1. The zero-order valence-electron chi connectivity index (χ0n) is 28.0. The van der Waals surface area contributed by atoms with Gasteiger partial charge in [-0.1, -0.05) is 121 Å². The molecule has 0 saturated carbocycles. The van der Waals surface area contributed by atoms with Gasteiger partial charge in [0.15, 0.2) is 5.82 Å². The highest BCUT2D eigenvalue weighted by Gasteiger charge is 2.20. The zero-order chi connectivity index (χ0) is 34.2. The van der Waals surface area contributed by atoms with Crippen LogP contribution in [0, 0.1) is 0 Å². The average Bonchev–Trinajstić information content (AvgIpc) is 3.77. The second-order valence-corrected chi connectivity index (χ2v) is 13.4. The molecule has 3 heterocycles. The van der Waals surface area contributed by atoms with Gasteiger partial charge in [-0.25, -0.2) is 9.97 Å². The number of rotatable bonds is 5. The Hall–Kier alpha value is -7.04. The molecule has 0 aliphatic carbocycles. The molecule has 4 heteroatoms. The van der Waals surface area contributed by atoms with Crippen LogP contribution in [0.1, 0.15) is 0 Å². The monoisotopic (exact) mass is 663 g/mol. The van der Waals surface area contributed by atoms with Crippen LogP contribution in [0.3, 0.4) is 0 Å². The van der Waals surface area contributed by atoms with E-state index in [1.807, 2.05) is 48.5 Å². The molecule has 0 amide bonds. The fraction of sp³-hybridized carbons (Fsp3) is 0. The van der Waals surface area contributed by atoms with Gasteiger partial charge in [-0.05, 0) is 70.9 Å². The summed E-state index contributed by atoms with van der Waals surface area (Å²) in [4.78, 5) is 10.1. The fourth-order valence-corrected chi connectivity index (χ4v) is 7.95. The van der Waals surface area contributed by atoms with Crippen molar-refractivity contribution in [1.82, 2.24) is 14.5 Å². The van der Waals surface area contributed by atoms with Gasteiger partial charge in [0.05, 0.1) is 22.4 Å². The van der Waals surface area contributed by atoms with Crippen LogP contribution in [0.15, 0.2) is 180 Å². The third-order valence-electron chi connectivity index (χ3n) is 10.4. The van der Waals surface area contributed by atoms with Crippen molar-refractivity contribution < 1.29 is 4.42 Å². The number of nitrogens with zero attached hydrogens (tertiary/aromatic N) is 3. The van der Waals surface area contributed by atoms with Crippen molar-refractivity contribution in [2.45, 2.75) is 0 Å². The maximum absolute atomic E-state index is 6.50. The molecule has 52 heavy (non-hydrogen) atoms. The van der Waals surface area contributed by atoms with Crippen molar-refractivity contribution >= 4 is 54.5 Å². The van der Waals surface area contributed by atoms with Crippen LogP contribution in [0.4, 0.5) is 0 Å².